The molecule has 0 spiro atoms. The minimum Gasteiger partial charge on any atom is -0.480 e. The van der Waals surface area contributed by atoms with E-state index in [4.69, 9.17) is 5.11 Å². The molecule has 1 unspecified atom stereocenters. The number of nitrogens with zero attached hydrogens (tertiary/aromatic N) is 4. The lowest BCUT2D eigenvalue weighted by Gasteiger charge is -2.23. The molecule has 18 heavy (non-hydrogen) atoms. The predicted molar refractivity (Wildman–Crippen MR) is 64.8 cm³/mol. The van der Waals surface area contributed by atoms with Gasteiger partial charge in [-0.2, -0.15) is 0 Å². The minimum absolute atomic E-state index is 0.218. The number of imidazole rings is 1. The van der Waals surface area contributed by atoms with Crippen LogP contribution in [0.1, 0.15) is 19.7 Å². The zero-order chi connectivity index (χ0) is 14.0. The first-order valence-electron chi connectivity index (χ1n) is 5.48. The molecule has 0 aliphatic heterocycles. The largest absolute Gasteiger partial charge is 0.480 e. The van der Waals surface area contributed by atoms with E-state index < -0.39 is 16.9 Å². The first-order valence-corrected chi connectivity index (χ1v) is 5.48. The third-order valence-corrected chi connectivity index (χ3v) is 2.88. The van der Waals surface area contributed by atoms with Gasteiger partial charge in [-0.05, 0) is 23.8 Å². The zero-order valence-corrected chi connectivity index (χ0v) is 10.7. The van der Waals surface area contributed by atoms with Gasteiger partial charge >= 0.3 is 11.8 Å². The molecule has 8 heteroatoms. The van der Waals surface area contributed by atoms with E-state index in [1.54, 1.807) is 11.5 Å². The van der Waals surface area contributed by atoms with E-state index >= 15 is 0 Å². The second-order valence-electron chi connectivity index (χ2n) is 3.93. The van der Waals surface area contributed by atoms with Crippen molar-refractivity contribution < 1.29 is 14.8 Å². The fourth-order valence-electron chi connectivity index (χ4n) is 1.74. The van der Waals surface area contributed by atoms with Crippen LogP contribution in [0.5, 0.6) is 0 Å². The highest BCUT2D eigenvalue weighted by atomic mass is 16.6. The molecule has 1 atom stereocenters. The molecule has 0 fully saturated rings. The molecule has 0 saturated heterocycles. The van der Waals surface area contributed by atoms with Gasteiger partial charge in [0.15, 0.2) is 0 Å². The molecule has 0 aromatic carbocycles. The van der Waals surface area contributed by atoms with Crippen LogP contribution in [0.3, 0.4) is 0 Å². The van der Waals surface area contributed by atoms with Crippen molar-refractivity contribution in [3.8, 4) is 0 Å². The number of carboxylic acid groups (broad SMARTS) is 1. The van der Waals surface area contributed by atoms with Crippen LogP contribution in [-0.2, 0) is 11.3 Å². The van der Waals surface area contributed by atoms with Crippen molar-refractivity contribution in [3.63, 3.8) is 0 Å². The van der Waals surface area contributed by atoms with Gasteiger partial charge in [-0.15, -0.1) is 0 Å². The first kappa shape index (κ1) is 13.9. The standard InChI is InChI=1S/C10H16N4O4/c1-5-13-7(3)11-8(14(17)18)9(13)12(4)6(2)10(15)16/h6H,5H2,1-4H3,(H,15,16). The van der Waals surface area contributed by atoms with Gasteiger partial charge in [-0.3, -0.25) is 4.57 Å². The molecule has 100 valence electrons. The van der Waals surface area contributed by atoms with Crippen molar-refractivity contribution >= 4 is 17.6 Å². The highest BCUT2D eigenvalue weighted by molar-refractivity contribution is 5.78. The number of anilines is 1. The molecule has 0 saturated carbocycles. The quantitative estimate of drug-likeness (QED) is 0.623. The smallest absolute Gasteiger partial charge is 0.406 e. The number of aryl methyl sites for hydroxylation is 1. The Bertz CT molecular complexity index is 482. The van der Waals surface area contributed by atoms with Crippen LogP contribution in [0.25, 0.3) is 0 Å². The molecular weight excluding hydrogens is 240 g/mol. The number of carboxylic acids is 1. The van der Waals surface area contributed by atoms with E-state index in [1.165, 1.54) is 18.9 Å². The number of carbonyl (C=O) groups is 1. The van der Waals surface area contributed by atoms with Crippen LogP contribution in [-0.4, -0.2) is 38.6 Å². The van der Waals surface area contributed by atoms with Gasteiger partial charge in [0.1, 0.15) is 6.04 Å². The Morgan fingerprint density at radius 1 is 1.67 bits per heavy atom. The summed E-state index contributed by atoms with van der Waals surface area (Å²) in [5, 5.41) is 19.9. The molecule has 0 amide bonds. The first-order chi connectivity index (χ1) is 8.31. The van der Waals surface area contributed by atoms with Crippen molar-refractivity contribution in [3.05, 3.63) is 15.9 Å². The van der Waals surface area contributed by atoms with Crippen LogP contribution in [0.4, 0.5) is 11.6 Å². The summed E-state index contributed by atoms with van der Waals surface area (Å²) in [6.45, 7) is 5.42. The summed E-state index contributed by atoms with van der Waals surface area (Å²) in [7, 11) is 1.51. The van der Waals surface area contributed by atoms with Crippen LogP contribution < -0.4 is 4.90 Å². The molecule has 8 nitrogen and oxygen atoms in total. The minimum atomic E-state index is -1.05. The predicted octanol–water partition coefficient (Wildman–Crippen LogP) is 1.03. The molecule has 0 aliphatic carbocycles. The molecule has 1 rings (SSSR count). The van der Waals surface area contributed by atoms with Crippen molar-refractivity contribution in [1.29, 1.82) is 0 Å². The van der Waals surface area contributed by atoms with Crippen molar-refractivity contribution in [2.24, 2.45) is 0 Å². The Morgan fingerprint density at radius 3 is 2.61 bits per heavy atom. The molecule has 1 aromatic rings. The summed E-state index contributed by atoms with van der Waals surface area (Å²) in [5.41, 5.74) is 0. The molecular formula is C10H16N4O4. The summed E-state index contributed by atoms with van der Waals surface area (Å²) >= 11 is 0. The molecule has 0 radical (unpaired) electrons. The number of nitro groups is 1. The van der Waals surface area contributed by atoms with Gasteiger partial charge in [0.05, 0.1) is 0 Å². The molecule has 1 aromatic heterocycles. The van der Waals surface area contributed by atoms with E-state index in [-0.39, 0.29) is 11.6 Å². The second kappa shape index (κ2) is 5.03. The number of aliphatic carboxylic acids is 1. The van der Waals surface area contributed by atoms with Crippen molar-refractivity contribution in [1.82, 2.24) is 9.55 Å². The Kier molecular flexibility index (Phi) is 3.89. The summed E-state index contributed by atoms with van der Waals surface area (Å²) in [4.78, 5) is 26.5. The van der Waals surface area contributed by atoms with Crippen LogP contribution >= 0.6 is 0 Å². The maximum atomic E-state index is 11.0. The average Bonchev–Trinajstić information content (AvgIpc) is 2.64. The molecule has 0 aliphatic rings. The van der Waals surface area contributed by atoms with E-state index in [2.05, 4.69) is 4.98 Å². The van der Waals surface area contributed by atoms with Gasteiger partial charge in [0, 0.05) is 20.5 Å². The fourth-order valence-corrected chi connectivity index (χ4v) is 1.74. The van der Waals surface area contributed by atoms with Gasteiger partial charge in [-0.25, -0.2) is 4.79 Å². The number of hydrogen-bond acceptors (Lipinski definition) is 5. The number of rotatable bonds is 5. The SMILES string of the molecule is CCn1c(C)nc([N+](=O)[O-])c1N(C)C(C)C(=O)O. The number of likely N-dealkylation sites (N-methyl/N-ethyl adjacent to an activating group) is 1. The Balaban J connectivity index is 3.36. The lowest BCUT2D eigenvalue weighted by Crippen LogP contribution is -2.37. The van der Waals surface area contributed by atoms with Gasteiger partial charge < -0.3 is 20.1 Å². The van der Waals surface area contributed by atoms with Crippen LogP contribution in [0.15, 0.2) is 0 Å². The molecule has 1 heterocycles. The van der Waals surface area contributed by atoms with E-state index in [0.29, 0.717) is 12.4 Å². The summed E-state index contributed by atoms with van der Waals surface area (Å²) in [6.07, 6.45) is 0. The Labute approximate surface area is 104 Å². The van der Waals surface area contributed by atoms with E-state index in [1.807, 2.05) is 6.92 Å². The van der Waals surface area contributed by atoms with Crippen molar-refractivity contribution in [2.45, 2.75) is 33.4 Å². The summed E-state index contributed by atoms with van der Waals surface area (Å²) < 4.78 is 1.62. The second-order valence-corrected chi connectivity index (χ2v) is 3.93. The lowest BCUT2D eigenvalue weighted by molar-refractivity contribution is -0.388. The fraction of sp³-hybridized carbons (Fsp3) is 0.600. The monoisotopic (exact) mass is 256 g/mol. The number of hydrogen-bond donors (Lipinski definition) is 1. The average molecular weight is 256 g/mol. The third-order valence-electron chi connectivity index (χ3n) is 2.88. The number of aromatic nitrogens is 2. The third kappa shape index (κ3) is 2.27. The topological polar surface area (TPSA) is 101 Å². The normalized spacial score (nSPS) is 12.2. The highest BCUT2D eigenvalue weighted by Gasteiger charge is 2.31. The maximum absolute atomic E-state index is 11.0. The van der Waals surface area contributed by atoms with Crippen LogP contribution in [0, 0.1) is 17.0 Å². The summed E-state index contributed by atoms with van der Waals surface area (Å²) in [6, 6.07) is -0.870. The molecule has 1 N–H and O–H groups in total. The van der Waals surface area contributed by atoms with Crippen molar-refractivity contribution in [2.75, 3.05) is 11.9 Å². The van der Waals surface area contributed by atoms with Gasteiger partial charge in [-0.1, -0.05) is 0 Å². The van der Waals surface area contributed by atoms with Crippen LogP contribution in [0.2, 0.25) is 0 Å². The van der Waals surface area contributed by atoms with Gasteiger partial charge in [0.25, 0.3) is 0 Å². The Hall–Kier alpha value is -2.12. The van der Waals surface area contributed by atoms with Gasteiger partial charge in [0.2, 0.25) is 11.6 Å². The Morgan fingerprint density at radius 2 is 2.22 bits per heavy atom. The highest BCUT2D eigenvalue weighted by Crippen LogP contribution is 2.29. The maximum Gasteiger partial charge on any atom is 0.406 e. The summed E-state index contributed by atoms with van der Waals surface area (Å²) in [5.74, 6) is -0.656. The molecule has 0 bridgehead atoms. The lowest BCUT2D eigenvalue weighted by atomic mass is 10.3. The van der Waals surface area contributed by atoms with E-state index in [0.717, 1.165) is 0 Å². The zero-order valence-electron chi connectivity index (χ0n) is 10.7. The van der Waals surface area contributed by atoms with E-state index in [9.17, 15) is 14.9 Å².